The lowest BCUT2D eigenvalue weighted by Gasteiger charge is -2.09. The molecule has 0 fully saturated rings. The number of rotatable bonds is 2. The number of hydrogen-bond acceptors (Lipinski definition) is 3. The fraction of sp³-hybridized carbons (Fsp3) is 0.300. The van der Waals surface area contributed by atoms with Gasteiger partial charge in [0.05, 0.1) is 11.1 Å². The van der Waals surface area contributed by atoms with Crippen LogP contribution in [0.25, 0.3) is 5.69 Å². The number of aromatic nitrogens is 4. The normalized spacial score (nSPS) is 12.8. The molecule has 1 aromatic carbocycles. The molecule has 0 aliphatic heterocycles. The van der Waals surface area contributed by atoms with E-state index in [9.17, 15) is 0 Å². The van der Waals surface area contributed by atoms with Crippen LogP contribution in [0.3, 0.4) is 0 Å². The average molecular weight is 302 g/mol. The molecule has 0 amide bonds. The molecule has 1 atom stereocenters. The molecule has 2 rings (SSSR count). The Labute approximate surface area is 107 Å². The Balaban J connectivity index is 2.59. The minimum atomic E-state index is -0.228. The Morgan fingerprint density at radius 1 is 1.44 bits per heavy atom. The zero-order chi connectivity index (χ0) is 11.7. The second-order valence-corrected chi connectivity index (χ2v) is 4.96. The standard InChI is InChI=1S/C10H10BrClN4/c1-6-8(11)4-3-5-9(6)16-10(7(2)12)13-14-15-16/h3-5,7H,1-2H3. The van der Waals surface area contributed by atoms with Crippen molar-refractivity contribution in [2.24, 2.45) is 0 Å². The summed E-state index contributed by atoms with van der Waals surface area (Å²) in [7, 11) is 0. The van der Waals surface area contributed by atoms with Gasteiger partial charge in [-0.15, -0.1) is 16.7 Å². The third-order valence-electron chi connectivity index (χ3n) is 2.32. The third-order valence-corrected chi connectivity index (χ3v) is 3.37. The molecule has 0 spiro atoms. The van der Waals surface area contributed by atoms with Gasteiger partial charge in [-0.05, 0) is 42.0 Å². The molecular formula is C10H10BrClN4. The van der Waals surface area contributed by atoms with Crippen LogP contribution in [0.15, 0.2) is 22.7 Å². The van der Waals surface area contributed by atoms with Crippen LogP contribution in [-0.4, -0.2) is 20.2 Å². The first-order valence-electron chi connectivity index (χ1n) is 4.79. The van der Waals surface area contributed by atoms with E-state index < -0.39 is 0 Å². The Morgan fingerprint density at radius 3 is 2.88 bits per heavy atom. The Kier molecular flexibility index (Phi) is 3.25. The number of benzene rings is 1. The summed E-state index contributed by atoms with van der Waals surface area (Å²) in [5.74, 6) is 0.642. The quantitative estimate of drug-likeness (QED) is 0.801. The lowest BCUT2D eigenvalue weighted by molar-refractivity contribution is 0.756. The molecule has 0 radical (unpaired) electrons. The minimum Gasteiger partial charge on any atom is -0.196 e. The number of hydrogen-bond donors (Lipinski definition) is 0. The largest absolute Gasteiger partial charge is 0.196 e. The maximum atomic E-state index is 6.02. The average Bonchev–Trinajstić information content (AvgIpc) is 2.70. The molecule has 0 saturated heterocycles. The number of nitrogens with zero attached hydrogens (tertiary/aromatic N) is 4. The molecule has 4 nitrogen and oxygen atoms in total. The van der Waals surface area contributed by atoms with Crippen molar-refractivity contribution >= 4 is 27.5 Å². The van der Waals surface area contributed by atoms with Crippen molar-refractivity contribution in [3.8, 4) is 5.69 Å². The topological polar surface area (TPSA) is 43.6 Å². The summed E-state index contributed by atoms with van der Waals surface area (Å²) in [5, 5.41) is 11.3. The second-order valence-electron chi connectivity index (χ2n) is 3.45. The predicted octanol–water partition coefficient (Wildman–Crippen LogP) is 3.03. The van der Waals surface area contributed by atoms with Gasteiger partial charge in [-0.3, -0.25) is 0 Å². The first kappa shape index (κ1) is 11.5. The smallest absolute Gasteiger partial charge is 0.174 e. The molecular weight excluding hydrogens is 291 g/mol. The van der Waals surface area contributed by atoms with Gasteiger partial charge in [0, 0.05) is 4.47 Å². The summed E-state index contributed by atoms with van der Waals surface area (Å²) in [5.41, 5.74) is 2.01. The monoisotopic (exact) mass is 300 g/mol. The third kappa shape index (κ3) is 1.97. The van der Waals surface area contributed by atoms with Crippen molar-refractivity contribution < 1.29 is 0 Å². The van der Waals surface area contributed by atoms with Crippen LogP contribution < -0.4 is 0 Å². The highest BCUT2D eigenvalue weighted by molar-refractivity contribution is 9.10. The van der Waals surface area contributed by atoms with Gasteiger partial charge >= 0.3 is 0 Å². The van der Waals surface area contributed by atoms with E-state index in [1.54, 1.807) is 4.68 Å². The van der Waals surface area contributed by atoms with E-state index in [0.29, 0.717) is 5.82 Å². The van der Waals surface area contributed by atoms with E-state index in [0.717, 1.165) is 15.7 Å². The first-order valence-corrected chi connectivity index (χ1v) is 6.02. The van der Waals surface area contributed by atoms with Crippen molar-refractivity contribution in [2.75, 3.05) is 0 Å². The minimum absolute atomic E-state index is 0.228. The van der Waals surface area contributed by atoms with Gasteiger partial charge in [-0.2, -0.15) is 4.68 Å². The van der Waals surface area contributed by atoms with E-state index in [4.69, 9.17) is 11.6 Å². The zero-order valence-electron chi connectivity index (χ0n) is 8.85. The molecule has 0 N–H and O–H groups in total. The molecule has 2 aromatic rings. The van der Waals surface area contributed by atoms with Crippen LogP contribution in [-0.2, 0) is 0 Å². The van der Waals surface area contributed by atoms with Gasteiger partial charge in [0.15, 0.2) is 5.82 Å². The highest BCUT2D eigenvalue weighted by Crippen LogP contribution is 2.25. The van der Waals surface area contributed by atoms with Gasteiger partial charge in [0.1, 0.15) is 0 Å². The lowest BCUT2D eigenvalue weighted by atomic mass is 10.2. The number of halogens is 2. The molecule has 1 aromatic heterocycles. The second kappa shape index (κ2) is 4.51. The maximum absolute atomic E-state index is 6.02. The molecule has 0 saturated carbocycles. The van der Waals surface area contributed by atoms with Crippen molar-refractivity contribution in [3.63, 3.8) is 0 Å². The zero-order valence-corrected chi connectivity index (χ0v) is 11.2. The van der Waals surface area contributed by atoms with Gasteiger partial charge in [-0.25, -0.2) is 0 Å². The SMILES string of the molecule is Cc1c(Br)cccc1-n1nnnc1C(C)Cl. The van der Waals surface area contributed by atoms with Crippen LogP contribution in [0.4, 0.5) is 0 Å². The van der Waals surface area contributed by atoms with E-state index in [-0.39, 0.29) is 5.38 Å². The van der Waals surface area contributed by atoms with Crippen LogP contribution >= 0.6 is 27.5 Å². The molecule has 1 heterocycles. The van der Waals surface area contributed by atoms with E-state index >= 15 is 0 Å². The van der Waals surface area contributed by atoms with Crippen molar-refractivity contribution in [3.05, 3.63) is 34.1 Å². The lowest BCUT2D eigenvalue weighted by Crippen LogP contribution is -2.05. The Bertz CT molecular complexity index is 509. The van der Waals surface area contributed by atoms with Crippen molar-refractivity contribution in [1.82, 2.24) is 20.2 Å². The highest BCUT2D eigenvalue weighted by atomic mass is 79.9. The summed E-state index contributed by atoms with van der Waals surface area (Å²) in [6, 6.07) is 5.88. The summed E-state index contributed by atoms with van der Waals surface area (Å²) < 4.78 is 2.69. The van der Waals surface area contributed by atoms with Crippen molar-refractivity contribution in [1.29, 1.82) is 0 Å². The Hall–Kier alpha value is -0.940. The summed E-state index contributed by atoms with van der Waals surface area (Å²) in [6.07, 6.45) is 0. The molecule has 0 aliphatic rings. The summed E-state index contributed by atoms with van der Waals surface area (Å²) in [4.78, 5) is 0. The molecule has 84 valence electrons. The number of tetrazole rings is 1. The van der Waals surface area contributed by atoms with Crippen LogP contribution in [0.1, 0.15) is 23.7 Å². The van der Waals surface area contributed by atoms with Crippen LogP contribution in [0.5, 0.6) is 0 Å². The van der Waals surface area contributed by atoms with Crippen LogP contribution in [0, 0.1) is 6.92 Å². The Morgan fingerprint density at radius 2 is 2.19 bits per heavy atom. The summed E-state index contributed by atoms with van der Waals surface area (Å²) >= 11 is 9.49. The first-order chi connectivity index (χ1) is 7.61. The fourth-order valence-corrected chi connectivity index (χ4v) is 1.93. The van der Waals surface area contributed by atoms with Gasteiger partial charge in [0.25, 0.3) is 0 Å². The van der Waals surface area contributed by atoms with Crippen LogP contribution in [0.2, 0.25) is 0 Å². The van der Waals surface area contributed by atoms with E-state index in [1.807, 2.05) is 32.0 Å². The summed E-state index contributed by atoms with van der Waals surface area (Å²) in [6.45, 7) is 3.85. The molecule has 0 aliphatic carbocycles. The highest BCUT2D eigenvalue weighted by Gasteiger charge is 2.15. The van der Waals surface area contributed by atoms with Gasteiger partial charge < -0.3 is 0 Å². The van der Waals surface area contributed by atoms with Crippen molar-refractivity contribution in [2.45, 2.75) is 19.2 Å². The fourth-order valence-electron chi connectivity index (χ4n) is 1.44. The molecule has 6 heteroatoms. The number of alkyl halides is 1. The van der Waals surface area contributed by atoms with E-state index in [1.165, 1.54) is 0 Å². The maximum Gasteiger partial charge on any atom is 0.174 e. The molecule has 0 bridgehead atoms. The van der Waals surface area contributed by atoms with Gasteiger partial charge in [-0.1, -0.05) is 22.0 Å². The van der Waals surface area contributed by atoms with Gasteiger partial charge in [0.2, 0.25) is 0 Å². The predicted molar refractivity (Wildman–Crippen MR) is 65.9 cm³/mol. The van der Waals surface area contributed by atoms with E-state index in [2.05, 4.69) is 31.5 Å². The molecule has 16 heavy (non-hydrogen) atoms. The molecule has 1 unspecified atom stereocenters.